The van der Waals surface area contributed by atoms with Gasteiger partial charge in [0, 0.05) is 0 Å². The van der Waals surface area contributed by atoms with E-state index in [4.69, 9.17) is 0 Å². The summed E-state index contributed by atoms with van der Waals surface area (Å²) < 4.78 is 0. The maximum atomic E-state index is 4.44. The van der Waals surface area contributed by atoms with Crippen LogP contribution in [-0.2, 0) is 12.8 Å². The van der Waals surface area contributed by atoms with E-state index in [0.717, 1.165) is 5.92 Å². The van der Waals surface area contributed by atoms with Crippen LogP contribution < -0.4 is 0 Å². The summed E-state index contributed by atoms with van der Waals surface area (Å²) in [5.41, 5.74) is 5.91. The van der Waals surface area contributed by atoms with Gasteiger partial charge >= 0.3 is 0 Å². The first-order valence-corrected chi connectivity index (χ1v) is 7.71. The minimum atomic E-state index is 0.805. The molecule has 0 aromatic heterocycles. The summed E-state index contributed by atoms with van der Waals surface area (Å²) in [5.74, 6) is 0.805. The Bertz CT molecular complexity index is 508. The standard InChI is InChI=1S/C16H16.ClSi/c1-12-10-14-8-5-9-15(16(14)11-12)13-6-3-2-4-7-13;1-2/h2-9,12H,10-11H2,1H3;. The van der Waals surface area contributed by atoms with Crippen molar-refractivity contribution in [3.63, 3.8) is 0 Å². The van der Waals surface area contributed by atoms with Crippen molar-refractivity contribution < 1.29 is 0 Å². The van der Waals surface area contributed by atoms with E-state index >= 15 is 0 Å². The lowest BCUT2D eigenvalue weighted by Crippen LogP contribution is -1.90. The molecule has 0 N–H and O–H groups in total. The highest BCUT2D eigenvalue weighted by Gasteiger charge is 2.20. The van der Waals surface area contributed by atoms with Crippen LogP contribution in [0.25, 0.3) is 11.1 Å². The van der Waals surface area contributed by atoms with Gasteiger partial charge in [0.2, 0.25) is 0 Å². The molecule has 2 heteroatoms. The Labute approximate surface area is 117 Å². The summed E-state index contributed by atoms with van der Waals surface area (Å²) in [4.78, 5) is 0. The molecule has 0 aliphatic heterocycles. The highest BCUT2D eigenvalue weighted by molar-refractivity contribution is 6.80. The van der Waals surface area contributed by atoms with Crippen molar-refractivity contribution in [2.75, 3.05) is 0 Å². The van der Waals surface area contributed by atoms with E-state index in [1.165, 1.54) is 24.0 Å². The van der Waals surface area contributed by atoms with Crippen LogP contribution in [-0.4, -0.2) is 9.55 Å². The average Bonchev–Trinajstić information content (AvgIpc) is 2.82. The van der Waals surface area contributed by atoms with Crippen molar-refractivity contribution in [3.8, 4) is 11.1 Å². The maximum Gasteiger partial charge on any atom is 0.174 e. The molecule has 0 saturated heterocycles. The number of hydrogen-bond acceptors (Lipinski definition) is 0. The van der Waals surface area contributed by atoms with Gasteiger partial charge in [-0.25, -0.2) is 0 Å². The van der Waals surface area contributed by atoms with Crippen molar-refractivity contribution in [1.29, 1.82) is 0 Å². The van der Waals surface area contributed by atoms with Crippen LogP contribution in [0.2, 0.25) is 0 Å². The Morgan fingerprint density at radius 3 is 2.39 bits per heavy atom. The fourth-order valence-electron chi connectivity index (χ4n) is 2.75. The van der Waals surface area contributed by atoms with Crippen molar-refractivity contribution in [1.82, 2.24) is 0 Å². The van der Waals surface area contributed by atoms with Crippen molar-refractivity contribution in [2.45, 2.75) is 19.8 Å². The zero-order valence-electron chi connectivity index (χ0n) is 10.5. The molecule has 2 aromatic carbocycles. The average molecular weight is 272 g/mol. The lowest BCUT2D eigenvalue weighted by Gasteiger charge is -2.08. The second-order valence-corrected chi connectivity index (χ2v) is 4.82. The molecule has 0 spiro atoms. The molecule has 3 rings (SSSR count). The Morgan fingerprint density at radius 1 is 0.944 bits per heavy atom. The lowest BCUT2D eigenvalue weighted by molar-refractivity contribution is 0.628. The third kappa shape index (κ3) is 2.68. The molecule has 18 heavy (non-hydrogen) atoms. The number of hydrogen-bond donors (Lipinski definition) is 0. The number of benzene rings is 2. The van der Waals surface area contributed by atoms with Gasteiger partial charge in [0.05, 0.1) is 0 Å². The summed E-state index contributed by atoms with van der Waals surface area (Å²) in [5, 5.41) is 0. The molecular formula is C16H16ClSi. The number of fused-ring (bicyclic) bond motifs is 1. The molecule has 3 radical (unpaired) electrons. The Kier molecular flexibility index (Phi) is 4.62. The molecule has 1 aliphatic rings. The molecule has 2 aromatic rings. The van der Waals surface area contributed by atoms with Gasteiger partial charge in [-0.3, -0.25) is 0 Å². The highest BCUT2D eigenvalue weighted by atomic mass is 35.6. The molecule has 0 nitrogen and oxygen atoms in total. The summed E-state index contributed by atoms with van der Waals surface area (Å²) in [7, 11) is 2.44. The van der Waals surface area contributed by atoms with Crippen LogP contribution in [0.15, 0.2) is 48.5 Å². The summed E-state index contributed by atoms with van der Waals surface area (Å²) in [6.07, 6.45) is 2.48. The minimum Gasteiger partial charge on any atom is -0.174 e. The summed E-state index contributed by atoms with van der Waals surface area (Å²) >= 11 is 4.44. The third-order valence-electron chi connectivity index (χ3n) is 3.48. The first-order valence-electron chi connectivity index (χ1n) is 6.19. The minimum absolute atomic E-state index is 0.805. The summed E-state index contributed by atoms with van der Waals surface area (Å²) in [6, 6.07) is 17.5. The molecule has 0 saturated carbocycles. The fourth-order valence-corrected chi connectivity index (χ4v) is 2.75. The van der Waals surface area contributed by atoms with Gasteiger partial charge in [-0.1, -0.05) is 55.5 Å². The number of halogens is 1. The van der Waals surface area contributed by atoms with Crippen LogP contribution in [0.1, 0.15) is 18.1 Å². The van der Waals surface area contributed by atoms with Crippen molar-refractivity contribution >= 4 is 20.6 Å². The predicted molar refractivity (Wildman–Crippen MR) is 80.1 cm³/mol. The normalized spacial score (nSPS) is 16.7. The monoisotopic (exact) mass is 271 g/mol. The predicted octanol–water partition coefficient (Wildman–Crippen LogP) is 4.40. The smallest absolute Gasteiger partial charge is 0.174 e. The molecule has 1 atom stereocenters. The topological polar surface area (TPSA) is 0 Å². The quantitative estimate of drug-likeness (QED) is 0.533. The molecule has 0 fully saturated rings. The first kappa shape index (κ1) is 13.4. The van der Waals surface area contributed by atoms with Crippen LogP contribution in [0.3, 0.4) is 0 Å². The van der Waals surface area contributed by atoms with Gasteiger partial charge in [-0.15, -0.1) is 0 Å². The van der Waals surface area contributed by atoms with Crippen LogP contribution >= 0.6 is 11.1 Å². The van der Waals surface area contributed by atoms with Gasteiger partial charge in [-0.2, -0.15) is 11.1 Å². The van der Waals surface area contributed by atoms with Gasteiger partial charge in [0.1, 0.15) is 0 Å². The number of rotatable bonds is 1. The molecule has 91 valence electrons. The molecular weight excluding hydrogens is 256 g/mol. The maximum absolute atomic E-state index is 4.44. The van der Waals surface area contributed by atoms with Gasteiger partial charge in [0.15, 0.2) is 9.55 Å². The second kappa shape index (κ2) is 6.21. The highest BCUT2D eigenvalue weighted by Crippen LogP contribution is 2.34. The Morgan fingerprint density at radius 2 is 1.67 bits per heavy atom. The second-order valence-electron chi connectivity index (χ2n) is 4.82. The van der Waals surface area contributed by atoms with Crippen molar-refractivity contribution in [3.05, 3.63) is 59.7 Å². The van der Waals surface area contributed by atoms with E-state index in [1.807, 2.05) is 0 Å². The van der Waals surface area contributed by atoms with Crippen LogP contribution in [0.5, 0.6) is 0 Å². The van der Waals surface area contributed by atoms with E-state index in [1.54, 1.807) is 11.1 Å². The lowest BCUT2D eigenvalue weighted by atomic mass is 9.97. The van der Waals surface area contributed by atoms with Crippen LogP contribution in [0.4, 0.5) is 0 Å². The van der Waals surface area contributed by atoms with E-state index in [0.29, 0.717) is 0 Å². The van der Waals surface area contributed by atoms with E-state index < -0.39 is 0 Å². The fraction of sp³-hybridized carbons (Fsp3) is 0.250. The molecule has 0 bridgehead atoms. The first-order chi connectivity index (χ1) is 8.84. The molecule has 0 heterocycles. The third-order valence-corrected chi connectivity index (χ3v) is 3.48. The van der Waals surface area contributed by atoms with Crippen molar-refractivity contribution in [2.24, 2.45) is 5.92 Å². The van der Waals surface area contributed by atoms with E-state index in [-0.39, 0.29) is 0 Å². The van der Waals surface area contributed by atoms with Crippen LogP contribution in [0, 0.1) is 5.92 Å². The van der Waals surface area contributed by atoms with Gasteiger partial charge in [0.25, 0.3) is 0 Å². The van der Waals surface area contributed by atoms with E-state index in [9.17, 15) is 0 Å². The largest absolute Gasteiger partial charge is 0.174 e. The molecule has 1 unspecified atom stereocenters. The SMILES string of the molecule is CC1Cc2cccc(-c3ccccc3)c2C1.[Si]Cl. The van der Waals surface area contributed by atoms with E-state index in [2.05, 4.69) is 76.1 Å². The zero-order chi connectivity index (χ0) is 13.0. The molecule has 0 amide bonds. The van der Waals surface area contributed by atoms with Gasteiger partial charge in [-0.05, 0) is 41.0 Å². The summed E-state index contributed by atoms with van der Waals surface area (Å²) in [6.45, 7) is 2.34. The zero-order valence-corrected chi connectivity index (χ0v) is 12.2. The Balaban J connectivity index is 0.000000574. The molecule has 1 aliphatic carbocycles. The Hall–Kier alpha value is -1.05. The van der Waals surface area contributed by atoms with Gasteiger partial charge < -0.3 is 0 Å².